The third kappa shape index (κ3) is 5.18. The summed E-state index contributed by atoms with van der Waals surface area (Å²) < 4.78 is 17.6. The van der Waals surface area contributed by atoms with Crippen LogP contribution in [0.5, 0.6) is 11.8 Å². The molecular formula is C29H37N7O2S2. The van der Waals surface area contributed by atoms with Crippen molar-refractivity contribution in [1.29, 1.82) is 5.26 Å². The number of nitrogens with one attached hydrogen (secondary N) is 1. The molecule has 0 saturated carbocycles. The highest BCUT2D eigenvalue weighted by atomic mass is 32.1. The number of fused-ring (bicyclic) bond motifs is 1. The van der Waals surface area contributed by atoms with Gasteiger partial charge in [-0.15, -0.1) is 11.3 Å². The number of nitrogens with zero attached hydrogens (tertiary/aromatic N) is 5. The maximum Gasteiger partial charge on any atom is 0.221 e. The smallest absolute Gasteiger partial charge is 0.221 e. The lowest BCUT2D eigenvalue weighted by Gasteiger charge is -2.33. The van der Waals surface area contributed by atoms with E-state index in [2.05, 4.69) is 43.2 Å². The van der Waals surface area contributed by atoms with Gasteiger partial charge in [-0.25, -0.2) is 0 Å². The highest BCUT2D eigenvalue weighted by Gasteiger charge is 2.40. The van der Waals surface area contributed by atoms with Crippen LogP contribution in [0.2, 0.25) is 0 Å². The van der Waals surface area contributed by atoms with Crippen LogP contribution < -0.4 is 20.5 Å². The number of piperidine rings is 1. The first-order chi connectivity index (χ1) is 19.4. The molecule has 1 aliphatic carbocycles. The van der Waals surface area contributed by atoms with Gasteiger partial charge in [0, 0.05) is 21.2 Å². The van der Waals surface area contributed by atoms with Gasteiger partial charge in [0.1, 0.15) is 29.0 Å². The molecule has 0 radical (unpaired) electrons. The lowest BCUT2D eigenvalue weighted by molar-refractivity contribution is 0.115. The minimum atomic E-state index is -0.327. The number of likely N-dealkylation sites (tertiary alicyclic amines) is 1. The number of nitrogen functional groups attached to an aromatic ring is 1. The number of rotatable bonds is 7. The van der Waals surface area contributed by atoms with Crippen LogP contribution >= 0.6 is 22.9 Å². The number of aromatic nitrogens is 3. The summed E-state index contributed by atoms with van der Waals surface area (Å²) in [4.78, 5) is 14.3. The molecule has 0 amide bonds. The van der Waals surface area contributed by atoms with Crippen molar-refractivity contribution in [3.8, 4) is 29.3 Å². The van der Waals surface area contributed by atoms with Crippen LogP contribution in [0.25, 0.3) is 11.5 Å². The van der Waals surface area contributed by atoms with Crippen molar-refractivity contribution in [1.82, 2.24) is 24.6 Å². The van der Waals surface area contributed by atoms with Crippen LogP contribution in [-0.4, -0.2) is 64.2 Å². The Morgan fingerprint density at radius 2 is 2.00 bits per heavy atom. The molecule has 40 heavy (non-hydrogen) atoms. The molecule has 3 aliphatic rings. The molecule has 212 valence electrons. The first-order valence-electron chi connectivity index (χ1n) is 14.3. The molecule has 0 bridgehead atoms. The van der Waals surface area contributed by atoms with E-state index in [9.17, 15) is 5.26 Å². The first-order valence-corrected chi connectivity index (χ1v) is 15.9. The van der Waals surface area contributed by atoms with Crippen LogP contribution in [0.15, 0.2) is 12.1 Å². The highest BCUT2D eigenvalue weighted by Crippen LogP contribution is 2.50. The van der Waals surface area contributed by atoms with Crippen molar-refractivity contribution in [2.75, 3.05) is 32.4 Å². The average molecular weight is 580 g/mol. The Balaban J connectivity index is 1.33. The zero-order valence-corrected chi connectivity index (χ0v) is 25.0. The zero-order chi connectivity index (χ0) is 27.9. The van der Waals surface area contributed by atoms with Crippen LogP contribution in [0.4, 0.5) is 5.00 Å². The van der Waals surface area contributed by atoms with Crippen LogP contribution in [-0.2, 0) is 11.8 Å². The molecule has 6 rings (SSSR count). The van der Waals surface area contributed by atoms with E-state index in [-0.39, 0.29) is 17.6 Å². The third-order valence-electron chi connectivity index (χ3n) is 8.71. The molecule has 3 aromatic heterocycles. The predicted molar refractivity (Wildman–Crippen MR) is 158 cm³/mol. The van der Waals surface area contributed by atoms with E-state index < -0.39 is 0 Å². The summed E-state index contributed by atoms with van der Waals surface area (Å²) in [5.74, 6) is 1.54. The second kappa shape index (κ2) is 11.2. The molecule has 11 heteroatoms. The van der Waals surface area contributed by atoms with Gasteiger partial charge in [-0.3, -0.25) is 4.90 Å². The van der Waals surface area contributed by atoms with Gasteiger partial charge in [0.25, 0.3) is 0 Å². The summed E-state index contributed by atoms with van der Waals surface area (Å²) in [6.45, 7) is 7.28. The second-order valence-corrected chi connectivity index (χ2v) is 13.4. The Kier molecular flexibility index (Phi) is 7.70. The summed E-state index contributed by atoms with van der Waals surface area (Å²) in [6, 6.07) is 6.63. The molecule has 2 aliphatic heterocycles. The quantitative estimate of drug-likeness (QED) is 0.408. The molecule has 0 spiro atoms. The van der Waals surface area contributed by atoms with Gasteiger partial charge in [0.2, 0.25) is 11.8 Å². The zero-order valence-electron chi connectivity index (χ0n) is 23.4. The van der Waals surface area contributed by atoms with Gasteiger partial charge in [0.05, 0.1) is 11.6 Å². The average Bonchev–Trinajstić information content (AvgIpc) is 3.68. The van der Waals surface area contributed by atoms with E-state index in [1.54, 1.807) is 11.3 Å². The van der Waals surface area contributed by atoms with Crippen molar-refractivity contribution in [2.24, 2.45) is 0 Å². The van der Waals surface area contributed by atoms with E-state index >= 15 is 0 Å². The summed E-state index contributed by atoms with van der Waals surface area (Å²) in [7, 11) is 2.15. The molecule has 2 fully saturated rings. The molecule has 3 aromatic rings. The van der Waals surface area contributed by atoms with Gasteiger partial charge < -0.3 is 20.5 Å². The maximum atomic E-state index is 9.90. The van der Waals surface area contributed by atoms with Crippen LogP contribution in [0.1, 0.15) is 73.3 Å². The molecular weight excluding hydrogens is 543 g/mol. The molecule has 3 N–H and O–H groups in total. The van der Waals surface area contributed by atoms with Crippen LogP contribution in [0, 0.1) is 11.3 Å². The fourth-order valence-electron chi connectivity index (χ4n) is 6.50. The maximum absolute atomic E-state index is 9.90. The lowest BCUT2D eigenvalue weighted by atomic mass is 9.71. The van der Waals surface area contributed by atoms with Gasteiger partial charge in [0.15, 0.2) is 5.82 Å². The first kappa shape index (κ1) is 27.4. The topological polar surface area (TPSA) is 122 Å². The van der Waals surface area contributed by atoms with E-state index in [1.807, 2.05) is 6.07 Å². The van der Waals surface area contributed by atoms with Crippen LogP contribution in [0.3, 0.4) is 0 Å². The monoisotopic (exact) mass is 579 g/mol. The molecule has 5 heterocycles. The van der Waals surface area contributed by atoms with Gasteiger partial charge >= 0.3 is 0 Å². The molecule has 3 atom stereocenters. The minimum Gasteiger partial charge on any atom is -0.474 e. The molecule has 0 aromatic carbocycles. The van der Waals surface area contributed by atoms with E-state index in [0.29, 0.717) is 39.9 Å². The number of hydrogen-bond donors (Lipinski definition) is 2. The van der Waals surface area contributed by atoms with E-state index in [4.69, 9.17) is 29.5 Å². The fraction of sp³-hybridized carbons (Fsp3) is 0.586. The summed E-state index contributed by atoms with van der Waals surface area (Å²) >= 11 is 3.00. The van der Waals surface area contributed by atoms with E-state index in [0.717, 1.165) is 68.6 Å². The molecule has 9 nitrogen and oxygen atoms in total. The molecule has 2 saturated heterocycles. The second-order valence-electron chi connectivity index (χ2n) is 11.5. The van der Waals surface area contributed by atoms with Crippen molar-refractivity contribution >= 4 is 27.9 Å². The largest absolute Gasteiger partial charge is 0.474 e. The Morgan fingerprint density at radius 1 is 1.20 bits per heavy atom. The Bertz CT molecular complexity index is 1410. The van der Waals surface area contributed by atoms with Gasteiger partial charge in [-0.2, -0.15) is 19.6 Å². The Hall–Kier alpha value is -2.78. The number of ether oxygens (including phenoxy) is 2. The van der Waals surface area contributed by atoms with Gasteiger partial charge in [-0.1, -0.05) is 6.92 Å². The van der Waals surface area contributed by atoms with Crippen molar-refractivity contribution in [3.05, 3.63) is 33.0 Å². The lowest BCUT2D eigenvalue weighted by Crippen LogP contribution is -2.38. The predicted octanol–water partition coefficient (Wildman–Crippen LogP) is 4.75. The van der Waals surface area contributed by atoms with Crippen molar-refractivity contribution in [3.63, 3.8) is 0 Å². The van der Waals surface area contributed by atoms with Crippen molar-refractivity contribution in [2.45, 2.75) is 82.5 Å². The summed E-state index contributed by atoms with van der Waals surface area (Å²) in [6.07, 6.45) is 7.20. The summed E-state index contributed by atoms with van der Waals surface area (Å²) in [5, 5.41) is 13.9. The number of likely N-dealkylation sites (N-methyl/N-ethyl adjacent to an activating group) is 1. The number of anilines is 1. The number of nitrogens with two attached hydrogens (primary N) is 1. The fourth-order valence-corrected chi connectivity index (χ4v) is 8.60. The number of thiophene rings is 1. The van der Waals surface area contributed by atoms with Crippen molar-refractivity contribution < 1.29 is 9.47 Å². The SMILES string of the molecule is C[C@H](Oc1cc(OC2CCNCC2)nc(-c2cc([C@@]3(C)CCCc4sc(N)c(C#N)c43)sn2)n1)[C@@H]1CCCN1C. The number of nitriles is 1. The minimum absolute atomic E-state index is 0.0130. The Morgan fingerprint density at radius 3 is 2.75 bits per heavy atom. The highest BCUT2D eigenvalue weighted by molar-refractivity contribution is 7.16. The number of aryl methyl sites for hydroxylation is 1. The Labute approximate surface area is 243 Å². The third-order valence-corrected chi connectivity index (χ3v) is 10.8. The standard InChI is InChI=1S/C29H37N7O2S2/c1-17(21-6-5-13-36(21)3)37-24-15-25(38-18-8-11-32-12-9-18)34-28(33-24)20-14-23(40-35-20)29(2)10-4-7-22-26(29)19(16-30)27(31)39-22/h14-15,17-18,21,32H,4-13,31H2,1-3H3/t17-,21-,29+/m0/s1. The number of hydrogen-bond acceptors (Lipinski definition) is 11. The van der Waals surface area contributed by atoms with Gasteiger partial charge in [-0.05, 0) is 102 Å². The normalized spacial score (nSPS) is 24.4. The van der Waals surface area contributed by atoms with E-state index in [1.165, 1.54) is 22.8 Å². The summed E-state index contributed by atoms with van der Waals surface area (Å²) in [5.41, 5.74) is 8.32. The molecule has 0 unspecified atom stereocenters.